The number of rotatable bonds is 3. The third-order valence-corrected chi connectivity index (χ3v) is 2.85. The minimum atomic E-state index is -0.406. The van der Waals surface area contributed by atoms with E-state index in [0.717, 1.165) is 25.9 Å². The average molecular weight is 237 g/mol. The predicted molar refractivity (Wildman–Crippen MR) is 64.8 cm³/mol. The molecule has 7 nitrogen and oxygen atoms in total. The minimum absolute atomic E-state index is 0.0332. The second kappa shape index (κ2) is 4.96. The van der Waals surface area contributed by atoms with E-state index in [9.17, 15) is 10.1 Å². The van der Waals surface area contributed by atoms with E-state index in [1.54, 1.807) is 0 Å². The molecule has 7 heteroatoms. The summed E-state index contributed by atoms with van der Waals surface area (Å²) in [5, 5.41) is 11.0. The summed E-state index contributed by atoms with van der Waals surface area (Å²) < 4.78 is 0. The Kier molecular flexibility index (Phi) is 3.38. The fraction of sp³-hybridized carbons (Fsp3) is 0.500. The van der Waals surface area contributed by atoms with E-state index in [-0.39, 0.29) is 5.69 Å². The smallest absolute Gasteiger partial charge is 0.311 e. The van der Waals surface area contributed by atoms with Crippen molar-refractivity contribution in [2.45, 2.75) is 19.3 Å². The molecule has 0 atom stereocenters. The number of hydrogen-bond donors (Lipinski definition) is 2. The lowest BCUT2D eigenvalue weighted by Gasteiger charge is -2.27. The van der Waals surface area contributed by atoms with Crippen molar-refractivity contribution in [2.75, 3.05) is 23.4 Å². The number of piperidine rings is 1. The number of nitro groups is 1. The second-order valence-corrected chi connectivity index (χ2v) is 3.99. The van der Waals surface area contributed by atoms with Gasteiger partial charge in [-0.05, 0) is 25.3 Å². The lowest BCUT2D eigenvalue weighted by Crippen LogP contribution is -2.31. The van der Waals surface area contributed by atoms with Crippen molar-refractivity contribution in [2.24, 2.45) is 5.84 Å². The van der Waals surface area contributed by atoms with E-state index in [4.69, 9.17) is 5.84 Å². The fourth-order valence-corrected chi connectivity index (χ4v) is 2.00. The van der Waals surface area contributed by atoms with Gasteiger partial charge in [-0.2, -0.15) is 0 Å². The molecule has 17 heavy (non-hydrogen) atoms. The molecule has 0 unspecified atom stereocenters. The van der Waals surface area contributed by atoms with Gasteiger partial charge < -0.3 is 10.3 Å². The van der Waals surface area contributed by atoms with E-state index >= 15 is 0 Å². The van der Waals surface area contributed by atoms with Crippen molar-refractivity contribution in [3.63, 3.8) is 0 Å². The summed E-state index contributed by atoms with van der Waals surface area (Å²) in [6.45, 7) is 1.61. The Balaban J connectivity index is 2.36. The number of hydrogen-bond acceptors (Lipinski definition) is 6. The molecular weight excluding hydrogens is 222 g/mol. The highest BCUT2D eigenvalue weighted by molar-refractivity contribution is 5.61. The molecule has 0 saturated carbocycles. The second-order valence-electron chi connectivity index (χ2n) is 3.99. The topological polar surface area (TPSA) is 97.3 Å². The van der Waals surface area contributed by atoms with Gasteiger partial charge in [0.05, 0.1) is 4.92 Å². The van der Waals surface area contributed by atoms with Crippen LogP contribution in [0.1, 0.15) is 19.3 Å². The fourth-order valence-electron chi connectivity index (χ4n) is 2.00. The van der Waals surface area contributed by atoms with Crippen LogP contribution in [-0.4, -0.2) is 23.0 Å². The van der Waals surface area contributed by atoms with Crippen LogP contribution in [0.3, 0.4) is 0 Å². The lowest BCUT2D eigenvalue weighted by atomic mass is 10.1. The summed E-state index contributed by atoms with van der Waals surface area (Å²) in [6, 6.07) is 2.94. The third kappa shape index (κ3) is 2.44. The normalized spacial score (nSPS) is 15.7. The van der Waals surface area contributed by atoms with Crippen LogP contribution in [0.5, 0.6) is 0 Å². The van der Waals surface area contributed by atoms with Crippen LogP contribution in [0.4, 0.5) is 17.3 Å². The van der Waals surface area contributed by atoms with Gasteiger partial charge in [0, 0.05) is 19.2 Å². The molecule has 0 bridgehead atoms. The lowest BCUT2D eigenvalue weighted by molar-refractivity contribution is -0.384. The Hall–Kier alpha value is -1.89. The van der Waals surface area contributed by atoms with E-state index in [1.807, 2.05) is 4.90 Å². The van der Waals surface area contributed by atoms with Gasteiger partial charge in [-0.3, -0.25) is 10.1 Å². The molecule has 1 aliphatic rings. The van der Waals surface area contributed by atoms with Crippen LogP contribution >= 0.6 is 0 Å². The summed E-state index contributed by atoms with van der Waals surface area (Å²) in [5.41, 5.74) is 2.45. The van der Waals surface area contributed by atoms with E-state index in [0.29, 0.717) is 11.6 Å². The summed E-state index contributed by atoms with van der Waals surface area (Å²) in [5.74, 6) is 6.12. The molecule has 3 N–H and O–H groups in total. The molecule has 2 rings (SSSR count). The number of nitrogens with two attached hydrogens (primary N) is 1. The molecule has 1 aliphatic heterocycles. The molecule has 0 amide bonds. The Bertz CT molecular complexity index is 417. The van der Waals surface area contributed by atoms with Crippen molar-refractivity contribution < 1.29 is 4.92 Å². The number of nitrogens with zero attached hydrogens (tertiary/aromatic N) is 3. The highest BCUT2D eigenvalue weighted by Gasteiger charge is 2.23. The van der Waals surface area contributed by atoms with E-state index in [2.05, 4.69) is 10.4 Å². The zero-order valence-corrected chi connectivity index (χ0v) is 9.43. The van der Waals surface area contributed by atoms with E-state index in [1.165, 1.54) is 18.6 Å². The zero-order chi connectivity index (χ0) is 12.3. The van der Waals surface area contributed by atoms with Crippen molar-refractivity contribution in [3.8, 4) is 0 Å². The molecule has 1 fully saturated rings. The van der Waals surface area contributed by atoms with Crippen molar-refractivity contribution in [3.05, 3.63) is 22.2 Å². The SMILES string of the molecule is NNc1ccc([N+](=O)[O-])c(N2CCCCC2)n1. The van der Waals surface area contributed by atoms with Gasteiger partial charge in [0.25, 0.3) is 0 Å². The van der Waals surface area contributed by atoms with Gasteiger partial charge in [-0.1, -0.05) is 0 Å². The molecule has 0 spiro atoms. The molecule has 0 aliphatic carbocycles. The largest absolute Gasteiger partial charge is 0.351 e. The Morgan fingerprint density at radius 1 is 1.35 bits per heavy atom. The third-order valence-electron chi connectivity index (χ3n) is 2.85. The standard InChI is InChI=1S/C10H15N5O2/c11-13-9-5-4-8(15(16)17)10(12-9)14-6-2-1-3-7-14/h4-5H,1-3,6-7,11H2,(H,12,13). The maximum Gasteiger partial charge on any atom is 0.311 e. The quantitative estimate of drug-likeness (QED) is 0.466. The number of nitrogen functional groups attached to an aromatic ring is 1. The van der Waals surface area contributed by atoms with Gasteiger partial charge in [-0.15, -0.1) is 0 Å². The maximum absolute atomic E-state index is 11.0. The Labute approximate surface area is 98.7 Å². The van der Waals surface area contributed by atoms with Crippen molar-refractivity contribution >= 4 is 17.3 Å². The maximum atomic E-state index is 11.0. The summed E-state index contributed by atoms with van der Waals surface area (Å²) in [7, 11) is 0. The van der Waals surface area contributed by atoms with Crippen molar-refractivity contribution in [1.29, 1.82) is 0 Å². The van der Waals surface area contributed by atoms with Crippen molar-refractivity contribution in [1.82, 2.24) is 4.98 Å². The first kappa shape index (κ1) is 11.6. The van der Waals surface area contributed by atoms with Gasteiger partial charge >= 0.3 is 5.69 Å². The number of hydrazine groups is 1. The first-order chi connectivity index (χ1) is 8.22. The molecule has 2 heterocycles. The summed E-state index contributed by atoms with van der Waals surface area (Å²) in [6.07, 6.45) is 3.25. The minimum Gasteiger partial charge on any atom is -0.351 e. The number of pyridine rings is 1. The number of nitrogens with one attached hydrogen (secondary N) is 1. The molecule has 1 saturated heterocycles. The first-order valence-corrected chi connectivity index (χ1v) is 5.59. The molecule has 92 valence electrons. The predicted octanol–water partition coefficient (Wildman–Crippen LogP) is 1.27. The molecule has 1 aromatic rings. The molecule has 1 aromatic heterocycles. The van der Waals surface area contributed by atoms with E-state index < -0.39 is 4.92 Å². The molecule has 0 aromatic carbocycles. The van der Waals surface area contributed by atoms with Crippen LogP contribution in [0, 0.1) is 10.1 Å². The molecular formula is C10H15N5O2. The monoisotopic (exact) mass is 237 g/mol. The van der Waals surface area contributed by atoms with Gasteiger partial charge in [0.2, 0.25) is 5.82 Å². The molecule has 0 radical (unpaired) electrons. The average Bonchev–Trinajstić information content (AvgIpc) is 2.39. The Morgan fingerprint density at radius 3 is 2.65 bits per heavy atom. The van der Waals surface area contributed by atoms with Gasteiger partial charge in [0.1, 0.15) is 5.82 Å². The van der Waals surface area contributed by atoms with Gasteiger partial charge in [0.15, 0.2) is 0 Å². The first-order valence-electron chi connectivity index (χ1n) is 5.59. The van der Waals surface area contributed by atoms with Crippen LogP contribution in [0.2, 0.25) is 0 Å². The highest BCUT2D eigenvalue weighted by Crippen LogP contribution is 2.29. The summed E-state index contributed by atoms with van der Waals surface area (Å²) in [4.78, 5) is 16.7. The summed E-state index contributed by atoms with van der Waals surface area (Å²) >= 11 is 0. The van der Waals surface area contributed by atoms with Crippen LogP contribution in [-0.2, 0) is 0 Å². The van der Waals surface area contributed by atoms with Crippen LogP contribution < -0.4 is 16.2 Å². The zero-order valence-electron chi connectivity index (χ0n) is 9.43. The van der Waals surface area contributed by atoms with Crippen LogP contribution in [0.15, 0.2) is 12.1 Å². The highest BCUT2D eigenvalue weighted by atomic mass is 16.6. The van der Waals surface area contributed by atoms with Crippen LogP contribution in [0.25, 0.3) is 0 Å². The Morgan fingerprint density at radius 2 is 2.06 bits per heavy atom. The number of anilines is 2. The van der Waals surface area contributed by atoms with Gasteiger partial charge in [-0.25, -0.2) is 10.8 Å². The number of aromatic nitrogens is 1.